The fraction of sp³-hybridized carbons (Fsp3) is 0.188. The number of benzene rings is 1. The summed E-state index contributed by atoms with van der Waals surface area (Å²) in [5.41, 5.74) is 2.00. The summed E-state index contributed by atoms with van der Waals surface area (Å²) in [4.78, 5) is 16.4. The van der Waals surface area contributed by atoms with E-state index in [1.165, 1.54) is 6.20 Å². The van der Waals surface area contributed by atoms with Crippen LogP contribution < -0.4 is 4.74 Å². The van der Waals surface area contributed by atoms with Crippen LogP contribution in [0.2, 0.25) is 0 Å². The van der Waals surface area contributed by atoms with Gasteiger partial charge in [0.2, 0.25) is 0 Å². The van der Waals surface area contributed by atoms with Crippen molar-refractivity contribution in [3.63, 3.8) is 0 Å². The summed E-state index contributed by atoms with van der Waals surface area (Å²) >= 11 is 0. The number of ketones is 1. The van der Waals surface area contributed by atoms with Gasteiger partial charge in [0.1, 0.15) is 11.7 Å². The van der Waals surface area contributed by atoms with Gasteiger partial charge in [0.15, 0.2) is 5.78 Å². The minimum atomic E-state index is -0.851. The van der Waals surface area contributed by atoms with Gasteiger partial charge in [-0.25, -0.2) is 0 Å². The number of aryl methyl sites for hydroxylation is 1. The molecule has 0 spiro atoms. The summed E-state index contributed by atoms with van der Waals surface area (Å²) < 4.78 is 5.21. The van der Waals surface area contributed by atoms with Crippen LogP contribution in [0.1, 0.15) is 27.4 Å². The lowest BCUT2D eigenvalue weighted by Gasteiger charge is -2.10. The zero-order chi connectivity index (χ0) is 14.5. The number of nitrogens with zero attached hydrogens (tertiary/aromatic N) is 2. The molecule has 0 radical (unpaired) electrons. The summed E-state index contributed by atoms with van der Waals surface area (Å²) in [5, 5.41) is 9.26. The molecule has 1 aromatic heterocycles. The van der Waals surface area contributed by atoms with Gasteiger partial charge in [-0.05, 0) is 30.2 Å². The first-order valence-corrected chi connectivity index (χ1v) is 6.15. The van der Waals surface area contributed by atoms with Gasteiger partial charge in [-0.15, -0.1) is 0 Å². The Labute approximate surface area is 117 Å². The minimum absolute atomic E-state index is 0.251. The van der Waals surface area contributed by atoms with Crippen LogP contribution in [-0.4, -0.2) is 17.9 Å². The highest BCUT2D eigenvalue weighted by atomic mass is 16.5. The van der Waals surface area contributed by atoms with Gasteiger partial charge in [-0.2, -0.15) is 5.26 Å². The highest BCUT2D eigenvalue weighted by molar-refractivity contribution is 6.03. The molecule has 0 N–H and O–H groups in total. The number of aromatic nitrogens is 1. The van der Waals surface area contributed by atoms with Crippen LogP contribution in [0.5, 0.6) is 5.75 Å². The molecule has 1 aromatic carbocycles. The third-order valence-corrected chi connectivity index (χ3v) is 3.10. The number of nitriles is 1. The molecule has 2 aromatic rings. The average Bonchev–Trinajstić information content (AvgIpc) is 2.49. The number of Topliss-reactive ketones (excluding diaryl/α,β-unsaturated/α-hetero) is 1. The van der Waals surface area contributed by atoms with Gasteiger partial charge in [0.05, 0.1) is 13.2 Å². The number of ether oxygens (including phenoxy) is 1. The molecule has 100 valence electrons. The molecule has 0 aliphatic rings. The molecule has 0 amide bonds. The van der Waals surface area contributed by atoms with E-state index in [1.54, 1.807) is 37.6 Å². The fourth-order valence-corrected chi connectivity index (χ4v) is 1.97. The molecular formula is C16H14N2O2. The van der Waals surface area contributed by atoms with E-state index in [-0.39, 0.29) is 5.78 Å². The third-order valence-electron chi connectivity index (χ3n) is 3.10. The summed E-state index contributed by atoms with van der Waals surface area (Å²) in [7, 11) is 1.56. The highest BCUT2D eigenvalue weighted by Gasteiger charge is 2.22. The Bertz CT molecular complexity index is 660. The zero-order valence-electron chi connectivity index (χ0n) is 11.3. The maximum atomic E-state index is 12.4. The Kier molecular flexibility index (Phi) is 4.11. The summed E-state index contributed by atoms with van der Waals surface area (Å²) in [6, 6.07) is 10.7. The van der Waals surface area contributed by atoms with Gasteiger partial charge in [0.25, 0.3) is 0 Å². The molecule has 2 rings (SSSR count). The average molecular weight is 266 g/mol. The topological polar surface area (TPSA) is 63.0 Å². The van der Waals surface area contributed by atoms with Crippen LogP contribution in [0.4, 0.5) is 0 Å². The number of rotatable bonds is 4. The second kappa shape index (κ2) is 5.98. The first kappa shape index (κ1) is 13.8. The maximum absolute atomic E-state index is 12.4. The minimum Gasteiger partial charge on any atom is -0.496 e. The molecule has 20 heavy (non-hydrogen) atoms. The van der Waals surface area contributed by atoms with E-state index in [9.17, 15) is 10.1 Å². The number of pyridine rings is 1. The van der Waals surface area contributed by atoms with Crippen molar-refractivity contribution >= 4 is 5.78 Å². The number of hydrogen-bond acceptors (Lipinski definition) is 4. The number of carbonyl (C=O) groups excluding carboxylic acids is 1. The molecule has 1 atom stereocenters. The number of methoxy groups -OCH3 is 1. The van der Waals surface area contributed by atoms with Gasteiger partial charge in [0, 0.05) is 18.0 Å². The lowest BCUT2D eigenvalue weighted by Crippen LogP contribution is -2.11. The van der Waals surface area contributed by atoms with Gasteiger partial charge in [-0.1, -0.05) is 18.2 Å². The standard InChI is InChI=1S/C16H14N2O2/c1-11-5-6-12(8-15(11)20-2)16(19)14(9-17)13-4-3-7-18-10-13/h3-8,10,14H,1-2H3. The lowest BCUT2D eigenvalue weighted by molar-refractivity contribution is 0.0978. The van der Waals surface area contributed by atoms with E-state index in [4.69, 9.17) is 4.74 Å². The third kappa shape index (κ3) is 2.67. The normalized spacial score (nSPS) is 11.4. The van der Waals surface area contributed by atoms with Crippen molar-refractivity contribution < 1.29 is 9.53 Å². The Hall–Kier alpha value is -2.67. The molecule has 4 nitrogen and oxygen atoms in total. The quantitative estimate of drug-likeness (QED) is 0.798. The van der Waals surface area contributed by atoms with Crippen molar-refractivity contribution in [1.29, 1.82) is 5.26 Å². The van der Waals surface area contributed by atoms with E-state index in [2.05, 4.69) is 4.98 Å². The SMILES string of the molecule is COc1cc(C(=O)C(C#N)c2cccnc2)ccc1C. The van der Waals surface area contributed by atoms with E-state index in [1.807, 2.05) is 19.1 Å². The molecule has 0 saturated carbocycles. The van der Waals surface area contributed by atoms with Crippen molar-refractivity contribution in [3.8, 4) is 11.8 Å². The molecule has 0 aliphatic carbocycles. The van der Waals surface area contributed by atoms with E-state index >= 15 is 0 Å². The van der Waals surface area contributed by atoms with Crippen LogP contribution in [0, 0.1) is 18.3 Å². The first-order valence-electron chi connectivity index (χ1n) is 6.15. The van der Waals surface area contributed by atoms with E-state index in [0.29, 0.717) is 16.9 Å². The highest BCUT2D eigenvalue weighted by Crippen LogP contribution is 2.24. The zero-order valence-corrected chi connectivity index (χ0v) is 11.3. The molecule has 1 unspecified atom stereocenters. The summed E-state index contributed by atoms with van der Waals surface area (Å²) in [6.45, 7) is 1.90. The van der Waals surface area contributed by atoms with Crippen LogP contribution in [0.3, 0.4) is 0 Å². The number of hydrogen-bond donors (Lipinski definition) is 0. The predicted octanol–water partition coefficient (Wildman–Crippen LogP) is 2.89. The van der Waals surface area contributed by atoms with Gasteiger partial charge in [-0.3, -0.25) is 9.78 Å². The van der Waals surface area contributed by atoms with E-state index in [0.717, 1.165) is 5.56 Å². The fourth-order valence-electron chi connectivity index (χ4n) is 1.97. The molecule has 0 aliphatic heterocycles. The van der Waals surface area contributed by atoms with Crippen LogP contribution in [0.25, 0.3) is 0 Å². The Morgan fingerprint density at radius 1 is 1.40 bits per heavy atom. The molecule has 1 heterocycles. The summed E-state index contributed by atoms with van der Waals surface area (Å²) in [5.74, 6) is -0.464. The Morgan fingerprint density at radius 2 is 2.20 bits per heavy atom. The molecule has 0 saturated heterocycles. The van der Waals surface area contributed by atoms with Crippen molar-refractivity contribution in [2.75, 3.05) is 7.11 Å². The van der Waals surface area contributed by atoms with Crippen molar-refractivity contribution in [2.24, 2.45) is 0 Å². The van der Waals surface area contributed by atoms with E-state index < -0.39 is 5.92 Å². The molecule has 0 bridgehead atoms. The number of carbonyl (C=O) groups is 1. The van der Waals surface area contributed by atoms with Gasteiger partial charge < -0.3 is 4.74 Å². The maximum Gasteiger partial charge on any atom is 0.184 e. The second-order valence-corrected chi connectivity index (χ2v) is 4.40. The van der Waals surface area contributed by atoms with Crippen LogP contribution >= 0.6 is 0 Å². The van der Waals surface area contributed by atoms with Crippen molar-refractivity contribution in [1.82, 2.24) is 4.98 Å². The smallest absolute Gasteiger partial charge is 0.184 e. The largest absolute Gasteiger partial charge is 0.496 e. The molecule has 0 fully saturated rings. The van der Waals surface area contributed by atoms with Crippen LogP contribution in [-0.2, 0) is 0 Å². The lowest BCUT2D eigenvalue weighted by atomic mass is 9.92. The Balaban J connectivity index is 2.37. The second-order valence-electron chi connectivity index (χ2n) is 4.40. The molecule has 4 heteroatoms. The van der Waals surface area contributed by atoms with Crippen molar-refractivity contribution in [2.45, 2.75) is 12.8 Å². The van der Waals surface area contributed by atoms with Gasteiger partial charge >= 0.3 is 0 Å². The van der Waals surface area contributed by atoms with Crippen molar-refractivity contribution in [3.05, 3.63) is 59.4 Å². The molecular weight excluding hydrogens is 252 g/mol. The predicted molar refractivity (Wildman–Crippen MR) is 74.7 cm³/mol. The summed E-state index contributed by atoms with van der Waals surface area (Å²) in [6.07, 6.45) is 3.15. The van der Waals surface area contributed by atoms with Crippen LogP contribution in [0.15, 0.2) is 42.7 Å². The first-order chi connectivity index (χ1) is 9.67. The monoisotopic (exact) mass is 266 g/mol. The Morgan fingerprint density at radius 3 is 2.80 bits per heavy atom.